The Morgan fingerprint density at radius 2 is 2.04 bits per heavy atom. The number of imidazole rings is 1. The van der Waals surface area contributed by atoms with Gasteiger partial charge in [-0.05, 0) is 30.7 Å². The van der Waals surface area contributed by atoms with Crippen LogP contribution < -0.4 is 5.32 Å². The van der Waals surface area contributed by atoms with Gasteiger partial charge in [0.25, 0.3) is 5.91 Å². The number of carbonyl (C=O) groups excluding carboxylic acids is 1. The molecule has 0 radical (unpaired) electrons. The van der Waals surface area contributed by atoms with Crippen LogP contribution in [0.1, 0.15) is 12.5 Å². The van der Waals surface area contributed by atoms with E-state index in [1.165, 1.54) is 18.3 Å². The Morgan fingerprint density at radius 1 is 1.23 bits per heavy atom. The van der Waals surface area contributed by atoms with Crippen LogP contribution in [0.25, 0.3) is 22.6 Å². The molecule has 4 rings (SSSR count). The molecule has 0 saturated heterocycles. The van der Waals surface area contributed by atoms with Crippen LogP contribution in [-0.2, 0) is 10.4 Å². The van der Waals surface area contributed by atoms with Gasteiger partial charge in [0.15, 0.2) is 11.4 Å². The topological polar surface area (TPSA) is 90.9 Å². The highest BCUT2D eigenvalue weighted by molar-refractivity contribution is 7.07. The monoisotopic (exact) mass is 364 g/mol. The number of rotatable bonds is 4. The van der Waals surface area contributed by atoms with Crippen LogP contribution >= 0.6 is 11.3 Å². The minimum Gasteiger partial charge on any atom is -0.376 e. The number of amides is 1. The molecule has 0 unspecified atom stereocenters. The van der Waals surface area contributed by atoms with E-state index in [1.54, 1.807) is 41.9 Å². The number of nitrogens with one attached hydrogen (secondary N) is 2. The Balaban J connectivity index is 1.60. The molecule has 0 bridgehead atoms. The maximum absolute atomic E-state index is 12.6. The third kappa shape index (κ3) is 2.98. The number of carbonyl (C=O) groups is 1. The minimum atomic E-state index is -1.63. The maximum atomic E-state index is 12.6. The van der Waals surface area contributed by atoms with Crippen LogP contribution in [0.15, 0.2) is 59.4 Å². The molecule has 1 atom stereocenters. The van der Waals surface area contributed by atoms with Crippen molar-refractivity contribution in [3.8, 4) is 11.5 Å². The summed E-state index contributed by atoms with van der Waals surface area (Å²) in [5.74, 6) is 0.184. The number of aromatic amines is 1. The average molecular weight is 364 g/mol. The second kappa shape index (κ2) is 6.36. The van der Waals surface area contributed by atoms with Crippen molar-refractivity contribution in [3.05, 3.63) is 65.0 Å². The van der Waals surface area contributed by atoms with E-state index in [0.29, 0.717) is 17.1 Å². The first kappa shape index (κ1) is 16.4. The molecule has 130 valence electrons. The molecule has 0 aliphatic rings. The highest BCUT2D eigenvalue weighted by atomic mass is 32.1. The summed E-state index contributed by atoms with van der Waals surface area (Å²) in [4.78, 5) is 24.5. The van der Waals surface area contributed by atoms with E-state index < -0.39 is 11.5 Å². The molecule has 0 saturated carbocycles. The Hall–Kier alpha value is -3.03. The van der Waals surface area contributed by atoms with Crippen molar-refractivity contribution < 1.29 is 9.90 Å². The van der Waals surface area contributed by atoms with Crippen molar-refractivity contribution in [2.75, 3.05) is 5.32 Å². The Kier molecular flexibility index (Phi) is 4.02. The summed E-state index contributed by atoms with van der Waals surface area (Å²) < 4.78 is 0. The van der Waals surface area contributed by atoms with Crippen LogP contribution in [-0.4, -0.2) is 26.0 Å². The summed E-state index contributed by atoms with van der Waals surface area (Å²) in [5.41, 5.74) is 3.57. The second-order valence-corrected chi connectivity index (χ2v) is 6.80. The van der Waals surface area contributed by atoms with Gasteiger partial charge in [0.1, 0.15) is 5.69 Å². The highest BCUT2D eigenvalue weighted by Gasteiger charge is 2.32. The molecular weight excluding hydrogens is 348 g/mol. The molecule has 2 aromatic carbocycles. The molecule has 26 heavy (non-hydrogen) atoms. The molecule has 2 aromatic heterocycles. The van der Waals surface area contributed by atoms with Gasteiger partial charge in [-0.15, -0.1) is 11.3 Å². The molecule has 1 amide bonds. The van der Waals surface area contributed by atoms with Crippen LogP contribution in [0.2, 0.25) is 0 Å². The molecule has 4 aromatic rings. The number of hydrogen-bond donors (Lipinski definition) is 3. The van der Waals surface area contributed by atoms with Gasteiger partial charge in [-0.2, -0.15) is 0 Å². The molecule has 2 heterocycles. The number of benzene rings is 2. The van der Waals surface area contributed by atoms with Crippen molar-refractivity contribution in [1.82, 2.24) is 15.0 Å². The minimum absolute atomic E-state index is 0.498. The van der Waals surface area contributed by atoms with Gasteiger partial charge < -0.3 is 15.4 Å². The fourth-order valence-corrected chi connectivity index (χ4v) is 3.22. The lowest BCUT2D eigenvalue weighted by Gasteiger charge is -2.22. The van der Waals surface area contributed by atoms with Gasteiger partial charge in [0, 0.05) is 11.1 Å². The molecule has 7 heteroatoms. The van der Waals surface area contributed by atoms with E-state index in [1.807, 2.05) is 17.5 Å². The number of aliphatic hydroxyl groups is 1. The molecule has 6 nitrogen and oxygen atoms in total. The number of aromatic nitrogens is 3. The van der Waals surface area contributed by atoms with Crippen LogP contribution in [0, 0.1) is 0 Å². The van der Waals surface area contributed by atoms with Crippen LogP contribution in [0.5, 0.6) is 0 Å². The third-order valence-corrected chi connectivity index (χ3v) is 4.78. The van der Waals surface area contributed by atoms with E-state index in [0.717, 1.165) is 16.7 Å². The second-order valence-electron chi connectivity index (χ2n) is 6.08. The Labute approximate surface area is 153 Å². The fourth-order valence-electron chi connectivity index (χ4n) is 2.68. The first-order chi connectivity index (χ1) is 12.5. The molecular formula is C19H16N4O2S. The number of anilines is 1. The molecule has 3 N–H and O–H groups in total. The quantitative estimate of drug-likeness (QED) is 0.517. The Bertz CT molecular complexity index is 1060. The van der Waals surface area contributed by atoms with Gasteiger partial charge >= 0.3 is 0 Å². The number of H-pyrrole nitrogens is 1. The van der Waals surface area contributed by atoms with Crippen molar-refractivity contribution in [3.63, 3.8) is 0 Å². The van der Waals surface area contributed by atoms with Crippen LogP contribution in [0.4, 0.5) is 5.69 Å². The molecule has 0 spiro atoms. The zero-order valence-corrected chi connectivity index (χ0v) is 14.7. The lowest BCUT2D eigenvalue weighted by molar-refractivity contribution is -0.133. The third-order valence-electron chi connectivity index (χ3n) is 4.19. The largest absolute Gasteiger partial charge is 0.376 e. The lowest BCUT2D eigenvalue weighted by Crippen LogP contribution is -2.37. The van der Waals surface area contributed by atoms with Gasteiger partial charge in [-0.1, -0.05) is 30.3 Å². The number of thiazole rings is 1. The normalized spacial score (nSPS) is 13.5. The van der Waals surface area contributed by atoms with E-state index in [-0.39, 0.29) is 0 Å². The first-order valence-corrected chi connectivity index (χ1v) is 8.96. The van der Waals surface area contributed by atoms with E-state index in [2.05, 4.69) is 20.3 Å². The molecule has 0 aliphatic carbocycles. The number of hydrogen-bond acceptors (Lipinski definition) is 5. The zero-order chi connectivity index (χ0) is 18.1. The summed E-state index contributed by atoms with van der Waals surface area (Å²) in [5, 5.41) is 15.3. The lowest BCUT2D eigenvalue weighted by atomic mass is 9.95. The summed E-state index contributed by atoms with van der Waals surface area (Å²) in [6, 6.07) is 14.2. The van der Waals surface area contributed by atoms with Gasteiger partial charge in [-0.3, -0.25) is 4.79 Å². The van der Waals surface area contributed by atoms with Gasteiger partial charge in [0.05, 0.1) is 16.5 Å². The number of fused-ring (bicyclic) bond motifs is 1. The standard InChI is InChI=1S/C19H16N4O2S/c1-19(25,12-5-3-2-4-6-12)18(24)21-13-7-8-14-15(9-13)23-17(22-14)16-10-26-11-20-16/h2-11,25H,1H3,(H,21,24)(H,22,23)/t19-/m1/s1. The van der Waals surface area contributed by atoms with E-state index in [9.17, 15) is 9.90 Å². The Morgan fingerprint density at radius 3 is 2.77 bits per heavy atom. The summed E-state index contributed by atoms with van der Waals surface area (Å²) in [7, 11) is 0. The predicted molar refractivity (Wildman–Crippen MR) is 102 cm³/mol. The maximum Gasteiger partial charge on any atom is 0.260 e. The molecule has 0 aliphatic heterocycles. The zero-order valence-electron chi connectivity index (χ0n) is 13.9. The fraction of sp³-hybridized carbons (Fsp3) is 0.105. The van der Waals surface area contributed by atoms with Crippen molar-refractivity contribution in [2.45, 2.75) is 12.5 Å². The summed E-state index contributed by atoms with van der Waals surface area (Å²) in [6.45, 7) is 1.48. The number of nitrogens with zero attached hydrogens (tertiary/aromatic N) is 2. The average Bonchev–Trinajstić information content (AvgIpc) is 3.31. The van der Waals surface area contributed by atoms with Crippen LogP contribution in [0.3, 0.4) is 0 Å². The predicted octanol–water partition coefficient (Wildman–Crippen LogP) is 3.53. The SMILES string of the molecule is C[C@](O)(C(=O)Nc1ccc2nc(-c3cscn3)[nH]c2c1)c1ccccc1. The van der Waals surface area contributed by atoms with Gasteiger partial charge in [-0.25, -0.2) is 9.97 Å². The van der Waals surface area contributed by atoms with E-state index in [4.69, 9.17) is 0 Å². The van der Waals surface area contributed by atoms with Crippen molar-refractivity contribution in [1.29, 1.82) is 0 Å². The van der Waals surface area contributed by atoms with Crippen molar-refractivity contribution >= 4 is 34.0 Å². The summed E-state index contributed by atoms with van der Waals surface area (Å²) >= 11 is 1.50. The van der Waals surface area contributed by atoms with Crippen molar-refractivity contribution in [2.24, 2.45) is 0 Å². The van der Waals surface area contributed by atoms with E-state index >= 15 is 0 Å². The smallest absolute Gasteiger partial charge is 0.260 e. The highest BCUT2D eigenvalue weighted by Crippen LogP contribution is 2.25. The summed E-state index contributed by atoms with van der Waals surface area (Å²) in [6.07, 6.45) is 0. The molecule has 0 fully saturated rings. The first-order valence-electron chi connectivity index (χ1n) is 8.02. The van der Waals surface area contributed by atoms with Gasteiger partial charge in [0.2, 0.25) is 0 Å².